The van der Waals surface area contributed by atoms with Crippen LogP contribution in [0.2, 0.25) is 0 Å². The number of nitrogens with one attached hydrogen (secondary N) is 1. The molecule has 0 bridgehead atoms. The van der Waals surface area contributed by atoms with E-state index in [2.05, 4.69) is 37.6 Å². The first-order valence-corrected chi connectivity index (χ1v) is 13.1. The summed E-state index contributed by atoms with van der Waals surface area (Å²) in [7, 11) is -1.17. The fourth-order valence-corrected chi connectivity index (χ4v) is 5.53. The summed E-state index contributed by atoms with van der Waals surface area (Å²) in [6.45, 7) is 12.3. The number of hydrogen-bond donors (Lipinski definition) is 1. The topological polar surface area (TPSA) is 95.3 Å². The van der Waals surface area contributed by atoms with Gasteiger partial charge in [-0.25, -0.2) is 18.1 Å². The van der Waals surface area contributed by atoms with Crippen LogP contribution in [0.1, 0.15) is 43.2 Å². The van der Waals surface area contributed by atoms with Crippen LogP contribution in [-0.2, 0) is 15.4 Å². The number of ether oxygens (including phenoxy) is 2. The van der Waals surface area contributed by atoms with Gasteiger partial charge in [0.1, 0.15) is 16.4 Å². The average Bonchev–Trinajstić information content (AvgIpc) is 3.14. The number of aromatic nitrogens is 3. The van der Waals surface area contributed by atoms with Crippen LogP contribution in [0.5, 0.6) is 11.5 Å². The molecule has 0 aliphatic heterocycles. The number of hydrogen-bond acceptors (Lipinski definition) is 6. The maximum atomic E-state index is 13.5. The van der Waals surface area contributed by atoms with Crippen molar-refractivity contribution >= 4 is 26.9 Å². The summed E-state index contributed by atoms with van der Waals surface area (Å²) in [5.41, 5.74) is 5.30. The number of pyridine rings is 1. The predicted molar refractivity (Wildman–Crippen MR) is 142 cm³/mol. The highest BCUT2D eigenvalue weighted by molar-refractivity contribution is 7.92. The van der Waals surface area contributed by atoms with E-state index in [9.17, 15) is 8.42 Å². The number of methoxy groups -OCH3 is 2. The summed E-state index contributed by atoms with van der Waals surface area (Å²) in [5, 5.41) is 5.33. The van der Waals surface area contributed by atoms with Crippen LogP contribution in [-0.4, -0.2) is 37.4 Å². The molecule has 0 amide bonds. The van der Waals surface area contributed by atoms with E-state index in [1.165, 1.54) is 20.3 Å². The first-order chi connectivity index (χ1) is 16.9. The molecular formula is C27H32N4O4S. The lowest BCUT2D eigenvalue weighted by Crippen LogP contribution is -2.15. The number of benzene rings is 2. The lowest BCUT2D eigenvalue weighted by atomic mass is 9.91. The third-order valence-electron chi connectivity index (χ3n) is 6.04. The van der Waals surface area contributed by atoms with Crippen molar-refractivity contribution in [3.05, 3.63) is 64.8 Å². The van der Waals surface area contributed by atoms with Gasteiger partial charge in [-0.2, -0.15) is 0 Å². The second-order valence-electron chi connectivity index (χ2n) is 9.95. The Balaban J connectivity index is 1.95. The highest BCUT2D eigenvalue weighted by atomic mass is 32.2. The van der Waals surface area contributed by atoms with Crippen LogP contribution in [0.15, 0.2) is 47.4 Å². The van der Waals surface area contributed by atoms with Crippen molar-refractivity contribution < 1.29 is 17.9 Å². The zero-order valence-corrected chi connectivity index (χ0v) is 22.7. The highest BCUT2D eigenvalue weighted by Crippen LogP contribution is 2.34. The summed E-state index contributed by atoms with van der Waals surface area (Å²) < 4.78 is 42.0. The molecule has 0 atom stereocenters. The van der Waals surface area contributed by atoms with Crippen LogP contribution in [0, 0.1) is 20.8 Å². The Morgan fingerprint density at radius 2 is 1.58 bits per heavy atom. The Morgan fingerprint density at radius 1 is 0.917 bits per heavy atom. The number of nitrogens with zero attached hydrogens (tertiary/aromatic N) is 3. The lowest BCUT2D eigenvalue weighted by molar-refractivity contribution is 0.392. The zero-order valence-electron chi connectivity index (χ0n) is 21.9. The van der Waals surface area contributed by atoms with Gasteiger partial charge in [-0.05, 0) is 56.2 Å². The standard InChI is InChI=1S/C27H32N4O4S/c1-16-13-17(2)24(18(3)14-16)31-26-20(10-12-23(28-26)27(4,5)6)25(29-31)30-36(32,33)22-15-19(34-7)9-11-21(22)35-8/h9-15H,1-8H3,(H,29,30). The molecule has 2 heterocycles. The molecule has 0 fully saturated rings. The predicted octanol–water partition coefficient (Wildman–Crippen LogP) is 5.46. The Bertz CT molecular complexity index is 1540. The molecule has 2 aromatic heterocycles. The largest absolute Gasteiger partial charge is 0.497 e. The Kier molecular flexibility index (Phi) is 6.47. The molecule has 4 rings (SSSR count). The van der Waals surface area contributed by atoms with Crippen molar-refractivity contribution in [3.63, 3.8) is 0 Å². The van der Waals surface area contributed by atoms with E-state index in [1.807, 2.05) is 32.9 Å². The van der Waals surface area contributed by atoms with Crippen LogP contribution in [0.3, 0.4) is 0 Å². The first kappa shape index (κ1) is 25.5. The maximum absolute atomic E-state index is 13.5. The fraction of sp³-hybridized carbons (Fsp3) is 0.333. The Labute approximate surface area is 212 Å². The maximum Gasteiger partial charge on any atom is 0.266 e. The molecule has 4 aromatic rings. The monoisotopic (exact) mass is 508 g/mol. The van der Waals surface area contributed by atoms with Crippen molar-refractivity contribution in [3.8, 4) is 17.2 Å². The molecule has 0 aliphatic rings. The van der Waals surface area contributed by atoms with Gasteiger partial charge in [0.05, 0.1) is 25.3 Å². The minimum Gasteiger partial charge on any atom is -0.497 e. The van der Waals surface area contributed by atoms with Gasteiger partial charge in [0, 0.05) is 17.2 Å². The molecule has 36 heavy (non-hydrogen) atoms. The molecule has 0 aliphatic carbocycles. The van der Waals surface area contributed by atoms with Crippen molar-refractivity contribution in [2.75, 3.05) is 18.9 Å². The summed E-state index contributed by atoms with van der Waals surface area (Å²) in [5.74, 6) is 0.779. The number of anilines is 1. The van der Waals surface area contributed by atoms with Crippen molar-refractivity contribution in [1.29, 1.82) is 0 Å². The van der Waals surface area contributed by atoms with Gasteiger partial charge in [0.25, 0.3) is 10.0 Å². The molecule has 0 spiro atoms. The van der Waals surface area contributed by atoms with Crippen molar-refractivity contribution in [2.24, 2.45) is 0 Å². The minimum absolute atomic E-state index is 0.0472. The van der Waals surface area contributed by atoms with E-state index < -0.39 is 10.0 Å². The van der Waals surface area contributed by atoms with Gasteiger partial charge < -0.3 is 9.47 Å². The number of rotatable bonds is 6. The van der Waals surface area contributed by atoms with Gasteiger partial charge in [0.2, 0.25) is 0 Å². The van der Waals surface area contributed by atoms with E-state index in [4.69, 9.17) is 19.6 Å². The number of aryl methyl sites for hydroxylation is 3. The van der Waals surface area contributed by atoms with Crippen LogP contribution < -0.4 is 14.2 Å². The third-order valence-corrected chi connectivity index (χ3v) is 7.40. The molecule has 0 saturated heterocycles. The highest BCUT2D eigenvalue weighted by Gasteiger charge is 2.26. The average molecular weight is 509 g/mol. The molecular weight excluding hydrogens is 476 g/mol. The first-order valence-electron chi connectivity index (χ1n) is 11.6. The van der Waals surface area contributed by atoms with Crippen molar-refractivity contribution in [1.82, 2.24) is 14.8 Å². The van der Waals surface area contributed by atoms with Crippen molar-refractivity contribution in [2.45, 2.75) is 51.9 Å². The molecule has 0 radical (unpaired) electrons. The molecule has 190 valence electrons. The van der Waals surface area contributed by atoms with Crippen LogP contribution in [0.25, 0.3) is 16.7 Å². The lowest BCUT2D eigenvalue weighted by Gasteiger charge is -2.18. The molecule has 8 nitrogen and oxygen atoms in total. The zero-order chi connectivity index (χ0) is 26.4. The number of sulfonamides is 1. The minimum atomic E-state index is -4.07. The summed E-state index contributed by atoms with van der Waals surface area (Å²) in [4.78, 5) is 4.89. The second kappa shape index (κ2) is 9.13. The summed E-state index contributed by atoms with van der Waals surface area (Å²) in [6, 6.07) is 12.6. The van der Waals surface area contributed by atoms with Gasteiger partial charge in [-0.3, -0.25) is 4.72 Å². The third kappa shape index (κ3) is 4.63. The van der Waals surface area contributed by atoms with Crippen LogP contribution in [0.4, 0.5) is 5.82 Å². The van der Waals surface area contributed by atoms with E-state index in [-0.39, 0.29) is 21.9 Å². The fourth-order valence-electron chi connectivity index (χ4n) is 4.33. The normalized spacial score (nSPS) is 12.1. The molecule has 2 aromatic carbocycles. The van der Waals surface area contributed by atoms with Crippen LogP contribution >= 0.6 is 0 Å². The van der Waals surface area contributed by atoms with Gasteiger partial charge in [0.15, 0.2) is 11.5 Å². The van der Waals surface area contributed by atoms with Gasteiger partial charge in [-0.1, -0.05) is 38.5 Å². The summed E-state index contributed by atoms with van der Waals surface area (Å²) in [6.07, 6.45) is 0. The molecule has 0 saturated carbocycles. The molecule has 1 N–H and O–H groups in total. The SMILES string of the molecule is COc1ccc(OC)c(S(=O)(=O)Nc2nn(-c3c(C)cc(C)cc3C)c3nc(C(C)(C)C)ccc23)c1. The molecule has 0 unspecified atom stereocenters. The van der Waals surface area contributed by atoms with E-state index in [1.54, 1.807) is 16.8 Å². The second-order valence-corrected chi connectivity index (χ2v) is 11.6. The Morgan fingerprint density at radius 3 is 2.17 bits per heavy atom. The van der Waals surface area contributed by atoms with E-state index in [0.717, 1.165) is 28.1 Å². The van der Waals surface area contributed by atoms with E-state index >= 15 is 0 Å². The smallest absolute Gasteiger partial charge is 0.266 e. The summed E-state index contributed by atoms with van der Waals surface area (Å²) >= 11 is 0. The quantitative estimate of drug-likeness (QED) is 0.372. The Hall–Kier alpha value is -3.59. The van der Waals surface area contributed by atoms with E-state index in [0.29, 0.717) is 16.8 Å². The van der Waals surface area contributed by atoms with Gasteiger partial charge >= 0.3 is 0 Å². The number of fused-ring (bicyclic) bond motifs is 1. The molecule has 9 heteroatoms. The van der Waals surface area contributed by atoms with Gasteiger partial charge in [-0.15, -0.1) is 5.10 Å².